The third-order valence-corrected chi connectivity index (χ3v) is 3.87. The Labute approximate surface area is 127 Å². The molecule has 1 saturated heterocycles. The van der Waals surface area contributed by atoms with E-state index in [4.69, 9.17) is 4.42 Å². The number of amides is 3. The van der Waals surface area contributed by atoms with E-state index in [0.29, 0.717) is 29.6 Å². The molecule has 6 nitrogen and oxygen atoms in total. The number of rotatable bonds is 2. The van der Waals surface area contributed by atoms with Crippen LogP contribution in [0, 0.1) is 0 Å². The van der Waals surface area contributed by atoms with Gasteiger partial charge in [0.05, 0.1) is 12.2 Å². The Kier molecular flexibility index (Phi) is 3.44. The fourth-order valence-corrected chi connectivity index (χ4v) is 2.70. The van der Waals surface area contributed by atoms with Gasteiger partial charge in [0.1, 0.15) is 5.58 Å². The van der Waals surface area contributed by atoms with Crippen LogP contribution in [-0.2, 0) is 9.59 Å². The molecule has 0 bridgehead atoms. The lowest BCUT2D eigenvalue weighted by atomic mass is 9.90. The molecule has 0 saturated carbocycles. The third-order valence-electron chi connectivity index (χ3n) is 3.87. The van der Waals surface area contributed by atoms with Crippen LogP contribution >= 0.6 is 0 Å². The third kappa shape index (κ3) is 2.36. The minimum absolute atomic E-state index is 0.114. The Bertz CT molecular complexity index is 776. The Morgan fingerprint density at radius 2 is 2.09 bits per heavy atom. The zero-order valence-electron chi connectivity index (χ0n) is 12.4. The molecule has 0 spiro atoms. The Morgan fingerprint density at radius 1 is 1.32 bits per heavy atom. The number of imide groups is 1. The molecule has 6 heteroatoms. The number of hydrogen-bond acceptors (Lipinski definition) is 4. The molecule has 3 amide bonds. The van der Waals surface area contributed by atoms with Gasteiger partial charge in [-0.2, -0.15) is 0 Å². The minimum Gasteiger partial charge on any atom is -0.464 e. The Balaban J connectivity index is 2.03. The first-order chi connectivity index (χ1) is 10.5. The van der Waals surface area contributed by atoms with Gasteiger partial charge in [-0.25, -0.2) is 0 Å². The van der Waals surface area contributed by atoms with E-state index in [9.17, 15) is 14.4 Å². The van der Waals surface area contributed by atoms with Gasteiger partial charge in [0.2, 0.25) is 11.8 Å². The molecule has 1 aromatic heterocycles. The van der Waals surface area contributed by atoms with Crippen LogP contribution in [0.1, 0.15) is 34.7 Å². The molecule has 0 radical (unpaired) electrons. The highest BCUT2D eigenvalue weighted by Gasteiger charge is 2.30. The summed E-state index contributed by atoms with van der Waals surface area (Å²) in [5.74, 6) is -1.11. The molecule has 1 unspecified atom stereocenters. The second-order valence-electron chi connectivity index (χ2n) is 5.61. The predicted octanol–water partition coefficient (Wildman–Crippen LogP) is 1.65. The predicted molar refractivity (Wildman–Crippen MR) is 79.4 cm³/mol. The fraction of sp³-hybridized carbons (Fsp3) is 0.312. The van der Waals surface area contributed by atoms with Crippen LogP contribution in [0.2, 0.25) is 0 Å². The molecule has 22 heavy (non-hydrogen) atoms. The van der Waals surface area contributed by atoms with Crippen LogP contribution in [0.25, 0.3) is 11.0 Å². The SMILES string of the molecule is CN(C)C(=O)c1ccc2occ(C3CCC(=O)NC3=O)c2c1. The number of carbonyl (C=O) groups is 3. The average molecular weight is 300 g/mol. The molecule has 2 aromatic rings. The minimum atomic E-state index is -0.427. The zero-order chi connectivity index (χ0) is 15.9. The average Bonchev–Trinajstić information content (AvgIpc) is 2.89. The van der Waals surface area contributed by atoms with Crippen molar-refractivity contribution in [3.63, 3.8) is 0 Å². The van der Waals surface area contributed by atoms with Crippen molar-refractivity contribution in [3.8, 4) is 0 Å². The molecule has 1 atom stereocenters. The van der Waals surface area contributed by atoms with E-state index < -0.39 is 5.92 Å². The van der Waals surface area contributed by atoms with Gasteiger partial charge in [-0.3, -0.25) is 19.7 Å². The molecule has 1 N–H and O–H groups in total. The largest absolute Gasteiger partial charge is 0.464 e. The van der Waals surface area contributed by atoms with Crippen molar-refractivity contribution >= 4 is 28.7 Å². The number of carbonyl (C=O) groups excluding carboxylic acids is 3. The van der Waals surface area contributed by atoms with Gasteiger partial charge < -0.3 is 9.32 Å². The molecule has 1 aromatic carbocycles. The molecular formula is C16H16N2O4. The van der Waals surface area contributed by atoms with Gasteiger partial charge in [0.15, 0.2) is 0 Å². The first-order valence-corrected chi connectivity index (χ1v) is 7.04. The molecule has 114 valence electrons. The summed E-state index contributed by atoms with van der Waals surface area (Å²) in [5, 5.41) is 3.08. The molecule has 1 fully saturated rings. The summed E-state index contributed by atoms with van der Waals surface area (Å²) >= 11 is 0. The first kappa shape index (κ1) is 14.3. The highest BCUT2D eigenvalue weighted by molar-refractivity contribution is 6.04. The van der Waals surface area contributed by atoms with Gasteiger partial charge in [0, 0.05) is 37.0 Å². The van der Waals surface area contributed by atoms with Gasteiger partial charge in [-0.05, 0) is 24.6 Å². The van der Waals surface area contributed by atoms with Crippen molar-refractivity contribution < 1.29 is 18.8 Å². The Hall–Kier alpha value is -2.63. The van der Waals surface area contributed by atoms with Crippen LogP contribution in [0.5, 0.6) is 0 Å². The number of hydrogen-bond donors (Lipinski definition) is 1. The maximum absolute atomic E-state index is 12.1. The molecule has 3 rings (SSSR count). The van der Waals surface area contributed by atoms with E-state index in [-0.39, 0.29) is 17.7 Å². The summed E-state index contributed by atoms with van der Waals surface area (Å²) in [5.41, 5.74) is 1.87. The van der Waals surface area contributed by atoms with Crippen molar-refractivity contribution in [2.45, 2.75) is 18.8 Å². The highest BCUT2D eigenvalue weighted by Crippen LogP contribution is 2.33. The normalized spacial score (nSPS) is 18.4. The fourth-order valence-electron chi connectivity index (χ4n) is 2.70. The number of nitrogens with one attached hydrogen (secondary N) is 1. The summed E-state index contributed by atoms with van der Waals surface area (Å²) in [6.45, 7) is 0. The van der Waals surface area contributed by atoms with Crippen LogP contribution in [-0.4, -0.2) is 36.7 Å². The lowest BCUT2D eigenvalue weighted by molar-refractivity contribution is -0.134. The standard InChI is InChI=1S/C16H16N2O4/c1-18(2)16(21)9-3-5-13-11(7-9)12(8-22-13)10-4-6-14(19)17-15(10)20/h3,5,7-8,10H,4,6H2,1-2H3,(H,17,19,20). The van der Waals surface area contributed by atoms with E-state index in [1.54, 1.807) is 32.3 Å². The molecular weight excluding hydrogens is 284 g/mol. The summed E-state index contributed by atoms with van der Waals surface area (Å²) in [7, 11) is 3.37. The van der Waals surface area contributed by atoms with Gasteiger partial charge in [0.25, 0.3) is 5.91 Å². The van der Waals surface area contributed by atoms with Crippen molar-refractivity contribution in [2.24, 2.45) is 0 Å². The zero-order valence-corrected chi connectivity index (χ0v) is 12.4. The first-order valence-electron chi connectivity index (χ1n) is 7.04. The molecule has 0 aliphatic carbocycles. The van der Waals surface area contributed by atoms with Crippen LogP contribution < -0.4 is 5.32 Å². The summed E-state index contributed by atoms with van der Waals surface area (Å²) < 4.78 is 5.48. The van der Waals surface area contributed by atoms with Gasteiger partial charge >= 0.3 is 0 Å². The second-order valence-corrected chi connectivity index (χ2v) is 5.61. The maximum Gasteiger partial charge on any atom is 0.253 e. The van der Waals surface area contributed by atoms with Crippen LogP contribution in [0.4, 0.5) is 0 Å². The maximum atomic E-state index is 12.1. The summed E-state index contributed by atoms with van der Waals surface area (Å²) in [6.07, 6.45) is 2.29. The van der Waals surface area contributed by atoms with Crippen molar-refractivity contribution in [1.82, 2.24) is 10.2 Å². The number of benzene rings is 1. The molecule has 2 heterocycles. The van der Waals surface area contributed by atoms with E-state index >= 15 is 0 Å². The molecule has 1 aliphatic rings. The highest BCUT2D eigenvalue weighted by atomic mass is 16.3. The monoisotopic (exact) mass is 300 g/mol. The number of furan rings is 1. The topological polar surface area (TPSA) is 79.6 Å². The van der Waals surface area contributed by atoms with Crippen LogP contribution in [0.15, 0.2) is 28.9 Å². The quantitative estimate of drug-likeness (QED) is 0.855. The summed E-state index contributed by atoms with van der Waals surface area (Å²) in [6, 6.07) is 5.16. The van der Waals surface area contributed by atoms with Crippen molar-refractivity contribution in [3.05, 3.63) is 35.6 Å². The van der Waals surface area contributed by atoms with E-state index in [1.165, 1.54) is 11.2 Å². The smallest absolute Gasteiger partial charge is 0.253 e. The lowest BCUT2D eigenvalue weighted by Crippen LogP contribution is -2.39. The van der Waals surface area contributed by atoms with Crippen molar-refractivity contribution in [1.29, 1.82) is 0 Å². The van der Waals surface area contributed by atoms with Gasteiger partial charge in [-0.1, -0.05) is 0 Å². The number of fused-ring (bicyclic) bond motifs is 1. The van der Waals surface area contributed by atoms with E-state index in [0.717, 1.165) is 5.39 Å². The summed E-state index contributed by atoms with van der Waals surface area (Å²) in [4.78, 5) is 36.9. The van der Waals surface area contributed by atoms with E-state index in [2.05, 4.69) is 5.32 Å². The molecule has 1 aliphatic heterocycles. The second kappa shape index (κ2) is 5.29. The number of piperidine rings is 1. The van der Waals surface area contributed by atoms with E-state index in [1.807, 2.05) is 0 Å². The van der Waals surface area contributed by atoms with Gasteiger partial charge in [-0.15, -0.1) is 0 Å². The number of nitrogens with zero attached hydrogens (tertiary/aromatic N) is 1. The van der Waals surface area contributed by atoms with Crippen LogP contribution in [0.3, 0.4) is 0 Å². The Morgan fingerprint density at radius 3 is 2.77 bits per heavy atom. The lowest BCUT2D eigenvalue weighted by Gasteiger charge is -2.20. The van der Waals surface area contributed by atoms with Crippen molar-refractivity contribution in [2.75, 3.05) is 14.1 Å².